The van der Waals surface area contributed by atoms with E-state index in [1.807, 2.05) is 40.0 Å². The van der Waals surface area contributed by atoms with Crippen molar-refractivity contribution >= 4 is 5.91 Å². The minimum absolute atomic E-state index is 0.137. The Kier molecular flexibility index (Phi) is 5.41. The summed E-state index contributed by atoms with van der Waals surface area (Å²) in [5, 5.41) is 4.58. The third-order valence-electron chi connectivity index (χ3n) is 5.12. The lowest BCUT2D eigenvalue weighted by atomic mass is 10.0. The average Bonchev–Trinajstić information content (AvgIpc) is 2.92. The van der Waals surface area contributed by atoms with Crippen LogP contribution in [0.1, 0.15) is 44.4 Å². The second kappa shape index (κ2) is 7.72. The fourth-order valence-corrected chi connectivity index (χ4v) is 3.56. The number of hydrogen-bond acceptors (Lipinski definition) is 3. The maximum atomic E-state index is 12.8. The summed E-state index contributed by atoms with van der Waals surface area (Å²) >= 11 is 0. The average molecular weight is 341 g/mol. The molecule has 0 radical (unpaired) electrons. The van der Waals surface area contributed by atoms with E-state index in [1.165, 1.54) is 5.69 Å². The van der Waals surface area contributed by atoms with Gasteiger partial charge in [-0.05, 0) is 49.9 Å². The van der Waals surface area contributed by atoms with Crippen molar-refractivity contribution in [3.8, 4) is 11.4 Å². The third-order valence-corrected chi connectivity index (χ3v) is 5.12. The van der Waals surface area contributed by atoms with E-state index in [0.29, 0.717) is 6.54 Å². The van der Waals surface area contributed by atoms with Gasteiger partial charge in [0.1, 0.15) is 5.75 Å². The van der Waals surface area contributed by atoms with Crippen molar-refractivity contribution in [1.29, 1.82) is 0 Å². The number of carbonyl (C=O) groups is 1. The van der Waals surface area contributed by atoms with Gasteiger partial charge in [0.15, 0.2) is 0 Å². The van der Waals surface area contributed by atoms with Crippen molar-refractivity contribution in [2.45, 2.75) is 46.1 Å². The molecule has 3 rings (SSSR count). The summed E-state index contributed by atoms with van der Waals surface area (Å²) in [7, 11) is 1.67. The highest BCUT2D eigenvalue weighted by atomic mass is 16.5. The van der Waals surface area contributed by atoms with Gasteiger partial charge in [-0.15, -0.1) is 0 Å². The molecule has 5 nitrogen and oxygen atoms in total. The lowest BCUT2D eigenvalue weighted by Crippen LogP contribution is -2.35. The van der Waals surface area contributed by atoms with Gasteiger partial charge < -0.3 is 9.64 Å². The van der Waals surface area contributed by atoms with Gasteiger partial charge in [0, 0.05) is 30.3 Å². The number of benzene rings is 1. The molecule has 1 amide bonds. The Morgan fingerprint density at radius 3 is 2.60 bits per heavy atom. The first kappa shape index (κ1) is 17.5. The number of methoxy groups -OCH3 is 1. The van der Waals surface area contributed by atoms with E-state index in [2.05, 4.69) is 18.9 Å². The summed E-state index contributed by atoms with van der Waals surface area (Å²) in [6.07, 6.45) is 5.64. The first-order valence-corrected chi connectivity index (χ1v) is 9.16. The predicted octanol–water partition coefficient (Wildman–Crippen LogP) is 3.59. The molecule has 0 bridgehead atoms. The normalized spacial score (nSPS) is 14.3. The summed E-state index contributed by atoms with van der Waals surface area (Å²) in [4.78, 5) is 14.8. The Bertz CT molecular complexity index is 717. The smallest absolute Gasteiger partial charge is 0.225 e. The van der Waals surface area contributed by atoms with Crippen LogP contribution in [0.15, 0.2) is 30.5 Å². The molecule has 25 heavy (non-hydrogen) atoms. The molecule has 134 valence electrons. The van der Waals surface area contributed by atoms with E-state index < -0.39 is 0 Å². The van der Waals surface area contributed by atoms with E-state index in [9.17, 15) is 4.79 Å². The molecule has 1 aromatic heterocycles. The maximum absolute atomic E-state index is 12.8. The molecular weight excluding hydrogens is 314 g/mol. The molecule has 1 aliphatic rings. The SMILES string of the molecule is CCC(CC)C(=O)N1CCCc2c(cnn2-c2ccc(OC)cc2)C1. The second-order valence-corrected chi connectivity index (χ2v) is 6.60. The second-order valence-electron chi connectivity index (χ2n) is 6.60. The molecule has 0 unspecified atom stereocenters. The van der Waals surface area contributed by atoms with Gasteiger partial charge in [0.25, 0.3) is 0 Å². The van der Waals surface area contributed by atoms with Crippen LogP contribution in [0.25, 0.3) is 5.69 Å². The number of ether oxygens (including phenoxy) is 1. The summed E-state index contributed by atoms with van der Waals surface area (Å²) < 4.78 is 7.23. The molecule has 2 heterocycles. The van der Waals surface area contributed by atoms with Gasteiger partial charge in [-0.25, -0.2) is 4.68 Å². The molecule has 0 spiro atoms. The van der Waals surface area contributed by atoms with Crippen molar-refractivity contribution in [3.63, 3.8) is 0 Å². The van der Waals surface area contributed by atoms with Gasteiger partial charge in [-0.2, -0.15) is 5.10 Å². The molecule has 2 aromatic rings. The standard InChI is InChI=1S/C20H27N3O2/c1-4-15(5-2)20(24)22-12-6-7-19-16(14-22)13-21-23(19)17-8-10-18(25-3)11-9-17/h8-11,13,15H,4-7,12,14H2,1-3H3. The zero-order valence-corrected chi connectivity index (χ0v) is 15.4. The highest BCUT2D eigenvalue weighted by Gasteiger charge is 2.26. The van der Waals surface area contributed by atoms with Crippen molar-refractivity contribution in [2.24, 2.45) is 5.92 Å². The highest BCUT2D eigenvalue weighted by molar-refractivity contribution is 5.78. The lowest BCUT2D eigenvalue weighted by Gasteiger charge is -2.24. The summed E-state index contributed by atoms with van der Waals surface area (Å²) in [6, 6.07) is 7.93. The topological polar surface area (TPSA) is 47.4 Å². The Balaban J connectivity index is 1.84. The minimum Gasteiger partial charge on any atom is -0.497 e. The Morgan fingerprint density at radius 1 is 1.24 bits per heavy atom. The van der Waals surface area contributed by atoms with Crippen LogP contribution in [0.2, 0.25) is 0 Å². The highest BCUT2D eigenvalue weighted by Crippen LogP contribution is 2.24. The third kappa shape index (κ3) is 3.55. The molecule has 1 aromatic carbocycles. The van der Waals surface area contributed by atoms with Crippen molar-refractivity contribution in [3.05, 3.63) is 41.7 Å². The van der Waals surface area contributed by atoms with Crippen molar-refractivity contribution in [2.75, 3.05) is 13.7 Å². The monoisotopic (exact) mass is 341 g/mol. The van der Waals surface area contributed by atoms with Gasteiger partial charge in [0.2, 0.25) is 5.91 Å². The van der Waals surface area contributed by atoms with Crippen LogP contribution in [0.3, 0.4) is 0 Å². The van der Waals surface area contributed by atoms with Crippen LogP contribution >= 0.6 is 0 Å². The number of nitrogens with zero attached hydrogens (tertiary/aromatic N) is 3. The Morgan fingerprint density at radius 2 is 1.96 bits per heavy atom. The molecule has 0 atom stereocenters. The van der Waals surface area contributed by atoms with Crippen molar-refractivity contribution in [1.82, 2.24) is 14.7 Å². The number of carbonyl (C=O) groups excluding carboxylic acids is 1. The molecule has 1 aliphatic heterocycles. The molecule has 0 aliphatic carbocycles. The molecular formula is C20H27N3O2. The quantitative estimate of drug-likeness (QED) is 0.835. The molecule has 5 heteroatoms. The number of aromatic nitrogens is 2. The minimum atomic E-state index is 0.137. The first-order chi connectivity index (χ1) is 12.2. The van der Waals surface area contributed by atoms with E-state index in [1.54, 1.807) is 7.11 Å². The number of hydrogen-bond donors (Lipinski definition) is 0. The van der Waals surface area contributed by atoms with Gasteiger partial charge in [-0.1, -0.05) is 13.8 Å². The van der Waals surface area contributed by atoms with Crippen LogP contribution in [-0.2, 0) is 17.8 Å². The van der Waals surface area contributed by atoms with E-state index in [0.717, 1.165) is 49.2 Å². The van der Waals surface area contributed by atoms with E-state index in [-0.39, 0.29) is 11.8 Å². The number of rotatable bonds is 5. The maximum Gasteiger partial charge on any atom is 0.225 e. The molecule has 0 saturated carbocycles. The van der Waals surface area contributed by atoms with Crippen LogP contribution in [0.5, 0.6) is 5.75 Å². The molecule has 0 saturated heterocycles. The van der Waals surface area contributed by atoms with Crippen LogP contribution in [0.4, 0.5) is 0 Å². The lowest BCUT2D eigenvalue weighted by molar-refractivity contribution is -0.136. The molecule has 0 fully saturated rings. The van der Waals surface area contributed by atoms with E-state index >= 15 is 0 Å². The fraction of sp³-hybridized carbons (Fsp3) is 0.500. The first-order valence-electron chi connectivity index (χ1n) is 9.16. The zero-order valence-electron chi connectivity index (χ0n) is 15.4. The predicted molar refractivity (Wildman–Crippen MR) is 97.9 cm³/mol. The van der Waals surface area contributed by atoms with Gasteiger partial charge in [0.05, 0.1) is 19.0 Å². The molecule has 0 N–H and O–H groups in total. The largest absolute Gasteiger partial charge is 0.497 e. The van der Waals surface area contributed by atoms with Crippen molar-refractivity contribution < 1.29 is 9.53 Å². The summed E-state index contributed by atoms with van der Waals surface area (Å²) in [6.45, 7) is 5.68. The summed E-state index contributed by atoms with van der Waals surface area (Å²) in [5.41, 5.74) is 3.40. The van der Waals surface area contributed by atoms with E-state index in [4.69, 9.17) is 4.74 Å². The summed E-state index contributed by atoms with van der Waals surface area (Å²) in [5.74, 6) is 1.26. The van der Waals surface area contributed by atoms with Crippen LogP contribution in [0, 0.1) is 5.92 Å². The zero-order chi connectivity index (χ0) is 17.8. The van der Waals surface area contributed by atoms with Crippen LogP contribution in [-0.4, -0.2) is 34.2 Å². The van der Waals surface area contributed by atoms with Gasteiger partial charge in [-0.3, -0.25) is 4.79 Å². The Labute approximate surface area is 149 Å². The van der Waals surface area contributed by atoms with Gasteiger partial charge >= 0.3 is 0 Å². The fourth-order valence-electron chi connectivity index (χ4n) is 3.56. The number of amides is 1. The number of fused-ring (bicyclic) bond motifs is 1. The Hall–Kier alpha value is -2.30. The van der Waals surface area contributed by atoms with Crippen LogP contribution < -0.4 is 4.74 Å².